The minimum absolute atomic E-state index is 0.195. The molecule has 0 heterocycles. The molecule has 0 saturated heterocycles. The zero-order chi connectivity index (χ0) is 12.8. The number of aliphatic hydroxyl groups excluding tert-OH is 1. The zero-order valence-corrected chi connectivity index (χ0v) is 10.8. The number of nitrogens with zero attached hydrogens (tertiary/aromatic N) is 1. The Labute approximate surface area is 103 Å². The van der Waals surface area contributed by atoms with E-state index in [4.69, 9.17) is 10.5 Å². The van der Waals surface area contributed by atoms with Crippen molar-refractivity contribution in [1.29, 1.82) is 0 Å². The third-order valence-corrected chi connectivity index (χ3v) is 2.93. The molecule has 0 radical (unpaired) electrons. The smallest absolute Gasteiger partial charge is 0.126 e. The van der Waals surface area contributed by atoms with Gasteiger partial charge in [-0.05, 0) is 19.9 Å². The first-order valence-corrected chi connectivity index (χ1v) is 5.98. The van der Waals surface area contributed by atoms with Crippen molar-refractivity contribution >= 4 is 5.69 Å². The third kappa shape index (κ3) is 3.11. The Morgan fingerprint density at radius 3 is 2.47 bits per heavy atom. The fourth-order valence-corrected chi connectivity index (χ4v) is 1.89. The topological polar surface area (TPSA) is 58.7 Å². The van der Waals surface area contributed by atoms with Crippen LogP contribution in [-0.4, -0.2) is 31.9 Å². The van der Waals surface area contributed by atoms with Gasteiger partial charge in [0.25, 0.3) is 0 Å². The van der Waals surface area contributed by atoms with E-state index >= 15 is 0 Å². The summed E-state index contributed by atoms with van der Waals surface area (Å²) in [6.45, 7) is 6.30. The second-order valence-electron chi connectivity index (χ2n) is 3.85. The Morgan fingerprint density at radius 1 is 1.35 bits per heavy atom. The molecule has 0 aliphatic rings. The number of aliphatic hydroxyl groups is 1. The summed E-state index contributed by atoms with van der Waals surface area (Å²) in [6.07, 6.45) is -0.671. The highest BCUT2D eigenvalue weighted by molar-refractivity contribution is 5.54. The van der Waals surface area contributed by atoms with Gasteiger partial charge in [-0.3, -0.25) is 0 Å². The average molecular weight is 238 g/mol. The van der Waals surface area contributed by atoms with Gasteiger partial charge in [0.15, 0.2) is 0 Å². The van der Waals surface area contributed by atoms with Crippen LogP contribution in [0.1, 0.15) is 25.5 Å². The lowest BCUT2D eigenvalue weighted by atomic mass is 10.1. The number of hydrogen-bond acceptors (Lipinski definition) is 4. The summed E-state index contributed by atoms with van der Waals surface area (Å²) in [7, 11) is 1.61. The van der Waals surface area contributed by atoms with E-state index in [9.17, 15) is 5.11 Å². The predicted octanol–water partition coefficient (Wildman–Crippen LogP) is 1.53. The molecule has 3 N–H and O–H groups in total. The molecule has 17 heavy (non-hydrogen) atoms. The summed E-state index contributed by atoms with van der Waals surface area (Å²) in [5, 5.41) is 9.77. The SMILES string of the molecule is CCN(CC)c1ccc(C(O)CN)c(OC)c1. The quantitative estimate of drug-likeness (QED) is 0.789. The van der Waals surface area contributed by atoms with Gasteiger partial charge in [-0.2, -0.15) is 0 Å². The van der Waals surface area contributed by atoms with Gasteiger partial charge in [0.1, 0.15) is 5.75 Å². The van der Waals surface area contributed by atoms with Crippen LogP contribution in [0.15, 0.2) is 18.2 Å². The van der Waals surface area contributed by atoms with Crippen LogP contribution in [0.25, 0.3) is 0 Å². The van der Waals surface area contributed by atoms with E-state index in [0.29, 0.717) is 5.75 Å². The number of rotatable bonds is 6. The zero-order valence-electron chi connectivity index (χ0n) is 10.8. The van der Waals surface area contributed by atoms with Crippen LogP contribution in [0.4, 0.5) is 5.69 Å². The van der Waals surface area contributed by atoms with E-state index < -0.39 is 6.10 Å². The highest BCUT2D eigenvalue weighted by Gasteiger charge is 2.13. The van der Waals surface area contributed by atoms with Crippen LogP contribution in [0, 0.1) is 0 Å². The molecule has 96 valence electrons. The molecule has 0 spiro atoms. The van der Waals surface area contributed by atoms with Crippen molar-refractivity contribution in [2.45, 2.75) is 20.0 Å². The van der Waals surface area contributed by atoms with Crippen LogP contribution in [0.2, 0.25) is 0 Å². The summed E-state index contributed by atoms with van der Waals surface area (Å²) in [5.41, 5.74) is 7.30. The Balaban J connectivity index is 3.07. The van der Waals surface area contributed by atoms with Crippen LogP contribution >= 0.6 is 0 Å². The Hall–Kier alpha value is -1.26. The second kappa shape index (κ2) is 6.47. The van der Waals surface area contributed by atoms with Crippen molar-refractivity contribution in [3.63, 3.8) is 0 Å². The Kier molecular flexibility index (Phi) is 5.25. The molecule has 0 fully saturated rings. The van der Waals surface area contributed by atoms with Crippen LogP contribution in [0.5, 0.6) is 5.75 Å². The van der Waals surface area contributed by atoms with E-state index in [1.165, 1.54) is 0 Å². The van der Waals surface area contributed by atoms with Gasteiger partial charge in [-0.25, -0.2) is 0 Å². The van der Waals surface area contributed by atoms with Gasteiger partial charge < -0.3 is 20.5 Å². The Morgan fingerprint density at radius 2 is 2.00 bits per heavy atom. The van der Waals surface area contributed by atoms with Crippen LogP contribution < -0.4 is 15.4 Å². The molecule has 1 atom stereocenters. The molecule has 0 bridgehead atoms. The monoisotopic (exact) mass is 238 g/mol. The van der Waals surface area contributed by atoms with Gasteiger partial charge in [-0.15, -0.1) is 0 Å². The summed E-state index contributed by atoms with van der Waals surface area (Å²) in [6, 6.07) is 5.81. The van der Waals surface area contributed by atoms with Crippen molar-refractivity contribution in [3.8, 4) is 5.75 Å². The summed E-state index contributed by atoms with van der Waals surface area (Å²) < 4.78 is 5.31. The molecule has 1 aromatic carbocycles. The first kappa shape index (κ1) is 13.8. The number of hydrogen-bond donors (Lipinski definition) is 2. The summed E-state index contributed by atoms with van der Waals surface area (Å²) in [5.74, 6) is 0.687. The minimum Gasteiger partial charge on any atom is -0.496 e. The molecule has 0 aromatic heterocycles. The first-order chi connectivity index (χ1) is 8.17. The Bertz CT molecular complexity index is 351. The normalized spacial score (nSPS) is 12.3. The molecule has 0 aliphatic heterocycles. The van der Waals surface area contributed by atoms with Gasteiger partial charge in [-0.1, -0.05) is 6.07 Å². The van der Waals surface area contributed by atoms with Gasteiger partial charge in [0.05, 0.1) is 13.2 Å². The van der Waals surface area contributed by atoms with Crippen molar-refractivity contribution in [1.82, 2.24) is 0 Å². The van der Waals surface area contributed by atoms with Crippen LogP contribution in [0.3, 0.4) is 0 Å². The summed E-state index contributed by atoms with van der Waals surface area (Å²) in [4.78, 5) is 2.22. The minimum atomic E-state index is -0.671. The van der Waals surface area contributed by atoms with E-state index in [2.05, 4.69) is 18.7 Å². The molecule has 0 saturated carbocycles. The highest BCUT2D eigenvalue weighted by atomic mass is 16.5. The molecule has 1 rings (SSSR count). The van der Waals surface area contributed by atoms with Gasteiger partial charge in [0, 0.05) is 37.0 Å². The fraction of sp³-hybridized carbons (Fsp3) is 0.538. The standard InChI is InChI=1S/C13H22N2O2/c1-4-15(5-2)10-6-7-11(12(16)9-14)13(8-10)17-3/h6-8,12,16H,4-5,9,14H2,1-3H3. The molecule has 1 unspecified atom stereocenters. The average Bonchev–Trinajstić information content (AvgIpc) is 2.39. The summed E-state index contributed by atoms with van der Waals surface area (Å²) >= 11 is 0. The molecule has 4 heteroatoms. The maximum Gasteiger partial charge on any atom is 0.126 e. The number of ether oxygens (including phenoxy) is 1. The first-order valence-electron chi connectivity index (χ1n) is 5.98. The van der Waals surface area contributed by atoms with E-state index in [0.717, 1.165) is 24.3 Å². The lowest BCUT2D eigenvalue weighted by Crippen LogP contribution is -2.22. The van der Waals surface area contributed by atoms with Crippen LogP contribution in [-0.2, 0) is 0 Å². The van der Waals surface area contributed by atoms with Crippen molar-refractivity contribution < 1.29 is 9.84 Å². The van der Waals surface area contributed by atoms with Crippen molar-refractivity contribution in [2.24, 2.45) is 5.73 Å². The number of benzene rings is 1. The van der Waals surface area contributed by atoms with E-state index in [1.54, 1.807) is 7.11 Å². The number of nitrogens with two attached hydrogens (primary N) is 1. The molecular weight excluding hydrogens is 216 g/mol. The molecule has 1 aromatic rings. The van der Waals surface area contributed by atoms with E-state index in [1.807, 2.05) is 18.2 Å². The van der Waals surface area contributed by atoms with Crippen molar-refractivity contribution in [3.05, 3.63) is 23.8 Å². The lowest BCUT2D eigenvalue weighted by Gasteiger charge is -2.23. The molecule has 4 nitrogen and oxygen atoms in total. The third-order valence-electron chi connectivity index (χ3n) is 2.93. The maximum atomic E-state index is 9.77. The maximum absolute atomic E-state index is 9.77. The lowest BCUT2D eigenvalue weighted by molar-refractivity contribution is 0.182. The number of methoxy groups -OCH3 is 1. The van der Waals surface area contributed by atoms with E-state index in [-0.39, 0.29) is 6.54 Å². The molecule has 0 amide bonds. The fourth-order valence-electron chi connectivity index (χ4n) is 1.89. The second-order valence-corrected chi connectivity index (χ2v) is 3.85. The predicted molar refractivity (Wildman–Crippen MR) is 70.6 cm³/mol. The highest BCUT2D eigenvalue weighted by Crippen LogP contribution is 2.29. The molecular formula is C13H22N2O2. The van der Waals surface area contributed by atoms with Gasteiger partial charge in [0.2, 0.25) is 0 Å². The molecule has 0 aliphatic carbocycles. The van der Waals surface area contributed by atoms with Gasteiger partial charge >= 0.3 is 0 Å². The number of anilines is 1. The van der Waals surface area contributed by atoms with Crippen molar-refractivity contribution in [2.75, 3.05) is 31.6 Å². The largest absolute Gasteiger partial charge is 0.496 e.